The first-order valence-corrected chi connectivity index (χ1v) is 6.58. The van der Waals surface area contributed by atoms with Gasteiger partial charge in [0, 0.05) is 12.2 Å². The van der Waals surface area contributed by atoms with Crippen LogP contribution in [0.5, 0.6) is 0 Å². The minimum absolute atomic E-state index is 0.0998. The second-order valence-corrected chi connectivity index (χ2v) is 4.56. The van der Waals surface area contributed by atoms with Crippen molar-refractivity contribution < 1.29 is 28.7 Å². The number of carbonyl (C=O) groups is 5. The molecule has 23 heavy (non-hydrogen) atoms. The lowest BCUT2D eigenvalue weighted by Gasteiger charge is -2.07. The number of hydrogen-bond acceptors (Lipinski definition) is 6. The number of nitrogens with one attached hydrogen (secondary N) is 2. The van der Waals surface area contributed by atoms with Gasteiger partial charge in [0.2, 0.25) is 5.91 Å². The van der Waals surface area contributed by atoms with Crippen molar-refractivity contribution >= 4 is 29.6 Å². The first kappa shape index (κ1) is 16.1. The number of benzene rings is 1. The maximum absolute atomic E-state index is 11.5. The molecule has 1 fully saturated rings. The van der Waals surface area contributed by atoms with Gasteiger partial charge in [0.05, 0.1) is 12.0 Å². The molecule has 0 saturated carbocycles. The van der Waals surface area contributed by atoms with Crippen LogP contribution >= 0.6 is 0 Å². The van der Waals surface area contributed by atoms with Crippen LogP contribution in [0.1, 0.15) is 16.8 Å². The van der Waals surface area contributed by atoms with Crippen molar-refractivity contribution in [1.29, 1.82) is 0 Å². The van der Waals surface area contributed by atoms with Gasteiger partial charge < -0.3 is 4.74 Å². The largest absolute Gasteiger partial charge is 0.448 e. The van der Waals surface area contributed by atoms with Crippen molar-refractivity contribution in [1.82, 2.24) is 10.6 Å². The lowest BCUT2D eigenvalue weighted by Crippen LogP contribution is -2.28. The van der Waals surface area contributed by atoms with E-state index >= 15 is 0 Å². The number of hydrogen-bond donors (Lipinski definition) is 2. The van der Waals surface area contributed by atoms with Gasteiger partial charge in [-0.25, -0.2) is 4.79 Å². The molecule has 1 atom stereocenters. The van der Waals surface area contributed by atoms with Gasteiger partial charge in [-0.15, -0.1) is 0 Å². The van der Waals surface area contributed by atoms with Gasteiger partial charge in [-0.2, -0.15) is 0 Å². The van der Waals surface area contributed by atoms with Gasteiger partial charge in [0.1, 0.15) is 0 Å². The van der Waals surface area contributed by atoms with Crippen LogP contribution in [-0.2, 0) is 23.9 Å². The molecular formula is C15H12N2O6. The molecule has 2 aliphatic heterocycles. The van der Waals surface area contributed by atoms with Crippen LogP contribution in [0, 0.1) is 0 Å². The standard InChI is InChI=1S/C11H9NO4.C4H3NO2/c13-9-6-8(10(14)12-9)16-11(15)7-4-2-1-3-5-7;6-3-1-2-4(7)5-3/h1-5,8H,6H2,(H,12,13,14);1-2H,(H,5,6,7). The van der Waals surface area contributed by atoms with E-state index in [0.29, 0.717) is 5.56 Å². The van der Waals surface area contributed by atoms with Crippen LogP contribution in [0.3, 0.4) is 0 Å². The molecule has 2 N–H and O–H groups in total. The molecule has 3 rings (SSSR count). The van der Waals surface area contributed by atoms with E-state index in [1.807, 2.05) is 5.32 Å². The zero-order valence-corrected chi connectivity index (χ0v) is 11.8. The van der Waals surface area contributed by atoms with Crippen LogP contribution in [0.4, 0.5) is 0 Å². The highest BCUT2D eigenvalue weighted by Gasteiger charge is 2.33. The lowest BCUT2D eigenvalue weighted by atomic mass is 10.2. The molecule has 2 aliphatic rings. The van der Waals surface area contributed by atoms with Crippen LogP contribution < -0.4 is 10.6 Å². The van der Waals surface area contributed by atoms with E-state index in [9.17, 15) is 24.0 Å². The van der Waals surface area contributed by atoms with Gasteiger partial charge in [-0.3, -0.25) is 29.8 Å². The molecule has 0 bridgehead atoms. The molecular weight excluding hydrogens is 304 g/mol. The van der Waals surface area contributed by atoms with Gasteiger partial charge >= 0.3 is 5.97 Å². The third-order valence-electron chi connectivity index (χ3n) is 2.82. The number of rotatable bonds is 2. The fourth-order valence-corrected chi connectivity index (χ4v) is 1.75. The molecule has 0 spiro atoms. The van der Waals surface area contributed by atoms with Crippen molar-refractivity contribution in [2.75, 3.05) is 0 Å². The molecule has 2 heterocycles. The fraction of sp³-hybridized carbons (Fsp3) is 0.133. The lowest BCUT2D eigenvalue weighted by molar-refractivity contribution is -0.128. The summed E-state index contributed by atoms with van der Waals surface area (Å²) in [6, 6.07) is 8.31. The third-order valence-corrected chi connectivity index (χ3v) is 2.82. The summed E-state index contributed by atoms with van der Waals surface area (Å²) in [7, 11) is 0. The Morgan fingerprint density at radius 1 is 0.957 bits per heavy atom. The molecule has 0 radical (unpaired) electrons. The normalized spacial score (nSPS) is 18.9. The SMILES string of the molecule is O=C1C=CC(=O)N1.O=C1CC(OC(=O)c2ccccc2)C(=O)N1. The predicted molar refractivity (Wildman–Crippen MR) is 75.7 cm³/mol. The second kappa shape index (κ2) is 7.12. The Labute approximate surface area is 130 Å². The van der Waals surface area contributed by atoms with E-state index in [1.165, 1.54) is 12.2 Å². The summed E-state index contributed by atoms with van der Waals surface area (Å²) in [5, 5.41) is 4.10. The van der Waals surface area contributed by atoms with Crippen molar-refractivity contribution in [2.45, 2.75) is 12.5 Å². The van der Waals surface area contributed by atoms with E-state index in [-0.39, 0.29) is 18.2 Å². The smallest absolute Gasteiger partial charge is 0.338 e. The first-order valence-electron chi connectivity index (χ1n) is 6.58. The average Bonchev–Trinajstić information content (AvgIpc) is 3.05. The fourth-order valence-electron chi connectivity index (χ4n) is 1.75. The Kier molecular flexibility index (Phi) is 4.98. The number of esters is 1. The Bertz CT molecular complexity index is 679. The Hall–Kier alpha value is -3.29. The highest BCUT2D eigenvalue weighted by molar-refractivity contribution is 6.12. The van der Waals surface area contributed by atoms with Gasteiger partial charge in [-0.1, -0.05) is 18.2 Å². The summed E-state index contributed by atoms with van der Waals surface area (Å²) < 4.78 is 4.91. The van der Waals surface area contributed by atoms with E-state index in [1.54, 1.807) is 30.3 Å². The maximum atomic E-state index is 11.5. The van der Waals surface area contributed by atoms with Crippen molar-refractivity contribution in [3.05, 3.63) is 48.0 Å². The Morgan fingerprint density at radius 2 is 1.57 bits per heavy atom. The minimum atomic E-state index is -1.000. The molecule has 8 heteroatoms. The monoisotopic (exact) mass is 316 g/mol. The van der Waals surface area contributed by atoms with Gasteiger partial charge in [0.15, 0.2) is 6.10 Å². The summed E-state index contributed by atoms with van der Waals surface area (Å²) in [6.45, 7) is 0. The quantitative estimate of drug-likeness (QED) is 0.558. The van der Waals surface area contributed by atoms with Crippen LogP contribution in [0.25, 0.3) is 0 Å². The Balaban J connectivity index is 0.000000229. The van der Waals surface area contributed by atoms with Crippen LogP contribution in [0.2, 0.25) is 0 Å². The van der Waals surface area contributed by atoms with Crippen LogP contribution in [-0.4, -0.2) is 35.7 Å². The molecule has 0 aromatic heterocycles. The first-order chi connectivity index (χ1) is 11.0. The molecule has 1 saturated heterocycles. The molecule has 0 aliphatic carbocycles. The molecule has 8 nitrogen and oxygen atoms in total. The summed E-state index contributed by atoms with van der Waals surface area (Å²) in [6.07, 6.45) is 1.29. The molecule has 4 amide bonds. The topological polar surface area (TPSA) is 119 Å². The number of carbonyl (C=O) groups excluding carboxylic acids is 5. The molecule has 1 aromatic carbocycles. The summed E-state index contributed by atoms with van der Waals surface area (Å²) in [5.74, 6) is -2.24. The molecule has 118 valence electrons. The third kappa shape index (κ3) is 4.60. The molecule has 1 unspecified atom stereocenters. The van der Waals surface area contributed by atoms with Crippen LogP contribution in [0.15, 0.2) is 42.5 Å². The molecule has 1 aromatic rings. The van der Waals surface area contributed by atoms with E-state index < -0.39 is 23.9 Å². The van der Waals surface area contributed by atoms with Crippen molar-refractivity contribution in [2.24, 2.45) is 0 Å². The van der Waals surface area contributed by atoms with Crippen molar-refractivity contribution in [3.8, 4) is 0 Å². The van der Waals surface area contributed by atoms with Gasteiger partial charge in [0.25, 0.3) is 17.7 Å². The van der Waals surface area contributed by atoms with Gasteiger partial charge in [-0.05, 0) is 12.1 Å². The zero-order valence-electron chi connectivity index (χ0n) is 11.8. The number of imide groups is 2. The minimum Gasteiger partial charge on any atom is -0.448 e. The summed E-state index contributed by atoms with van der Waals surface area (Å²) in [4.78, 5) is 53.6. The van der Waals surface area contributed by atoms with Crippen molar-refractivity contribution in [3.63, 3.8) is 0 Å². The number of ether oxygens (including phenoxy) is 1. The highest BCUT2D eigenvalue weighted by atomic mass is 16.5. The highest BCUT2D eigenvalue weighted by Crippen LogP contribution is 2.10. The Morgan fingerprint density at radius 3 is 2.00 bits per heavy atom. The zero-order chi connectivity index (χ0) is 16.8. The average molecular weight is 316 g/mol. The maximum Gasteiger partial charge on any atom is 0.338 e. The second-order valence-electron chi connectivity index (χ2n) is 4.56. The van der Waals surface area contributed by atoms with E-state index in [0.717, 1.165) is 0 Å². The van der Waals surface area contributed by atoms with E-state index in [4.69, 9.17) is 4.74 Å². The summed E-state index contributed by atoms with van der Waals surface area (Å²) in [5.41, 5.74) is 0.356. The van der Waals surface area contributed by atoms with E-state index in [2.05, 4.69) is 5.32 Å². The number of amides is 4. The predicted octanol–water partition coefficient (Wildman–Crippen LogP) is -0.543. The summed E-state index contributed by atoms with van der Waals surface area (Å²) >= 11 is 0.